The molecule has 0 spiro atoms. The molecule has 0 saturated carbocycles. The van der Waals surface area contributed by atoms with Gasteiger partial charge in [-0.2, -0.15) is 0 Å². The van der Waals surface area contributed by atoms with E-state index in [4.69, 9.17) is 15.2 Å². The highest BCUT2D eigenvalue weighted by Gasteiger charge is 2.20. The zero-order chi connectivity index (χ0) is 19.0. The van der Waals surface area contributed by atoms with Crippen LogP contribution in [0.1, 0.15) is 12.5 Å². The second-order valence-electron chi connectivity index (χ2n) is 6.03. The van der Waals surface area contributed by atoms with Crippen molar-refractivity contribution in [3.8, 4) is 11.5 Å². The molecule has 1 aliphatic heterocycles. The quantitative estimate of drug-likeness (QED) is 0.681. The number of nitrogens with one attached hydrogen (secondary N) is 1. The molecular weight excluding hydrogens is 368 g/mol. The molecule has 1 aliphatic rings. The minimum Gasteiger partial charge on any atom is -0.454 e. The van der Waals surface area contributed by atoms with Crippen LogP contribution in [0.5, 0.6) is 11.5 Å². The van der Waals surface area contributed by atoms with E-state index in [1.165, 1.54) is 25.0 Å². The molecule has 3 aromatic rings. The third-order valence-electron chi connectivity index (χ3n) is 4.11. The zero-order valence-electron chi connectivity index (χ0n) is 14.9. The van der Waals surface area contributed by atoms with Crippen LogP contribution in [0.3, 0.4) is 0 Å². The minimum absolute atomic E-state index is 0.0885. The topological polar surface area (TPSA) is 117 Å². The lowest BCUT2D eigenvalue weighted by Gasteiger charge is -2.10. The number of benzene rings is 1. The fourth-order valence-electron chi connectivity index (χ4n) is 2.79. The van der Waals surface area contributed by atoms with Crippen LogP contribution in [0.4, 0.5) is 5.82 Å². The summed E-state index contributed by atoms with van der Waals surface area (Å²) in [5.74, 6) is 1.69. The molecule has 0 atom stereocenters. The number of nitrogens with two attached hydrogens (primary N) is 1. The highest BCUT2D eigenvalue weighted by atomic mass is 32.2. The molecule has 9 nitrogen and oxygen atoms in total. The van der Waals surface area contributed by atoms with E-state index in [9.17, 15) is 4.79 Å². The summed E-state index contributed by atoms with van der Waals surface area (Å²) in [5, 5.41) is 3.50. The second-order valence-corrected chi connectivity index (χ2v) is 7.04. The number of nitrogen functional groups attached to an aromatic ring is 1. The van der Waals surface area contributed by atoms with Crippen molar-refractivity contribution in [1.29, 1.82) is 0 Å². The number of fused-ring (bicyclic) bond motifs is 2. The summed E-state index contributed by atoms with van der Waals surface area (Å²) >= 11 is 1.48. The van der Waals surface area contributed by atoms with Crippen LogP contribution >= 0.6 is 11.8 Å². The maximum absolute atomic E-state index is 11.2. The molecule has 0 aliphatic carbocycles. The Morgan fingerprint density at radius 3 is 2.89 bits per heavy atom. The Morgan fingerprint density at radius 2 is 2.11 bits per heavy atom. The standard InChI is InChI=1S/C17H18N6O3S/c1-9-5-11-12(26-8-25-11)6-13(9)27-17-22-14-15(18)20-7-21-16(14)23(17)4-3-19-10(2)24/h5-7H,3-4,8H2,1-2H3,(H,19,24)(H2,18,20,21). The molecule has 0 radical (unpaired) electrons. The van der Waals surface area contributed by atoms with Crippen molar-refractivity contribution in [3.63, 3.8) is 0 Å². The van der Waals surface area contributed by atoms with Gasteiger partial charge in [0.1, 0.15) is 6.33 Å². The van der Waals surface area contributed by atoms with Gasteiger partial charge in [-0.05, 0) is 24.6 Å². The molecule has 3 heterocycles. The van der Waals surface area contributed by atoms with E-state index in [1.807, 2.05) is 23.6 Å². The van der Waals surface area contributed by atoms with Gasteiger partial charge >= 0.3 is 0 Å². The molecule has 0 bridgehead atoms. The molecule has 140 valence electrons. The third kappa shape index (κ3) is 3.35. The van der Waals surface area contributed by atoms with E-state index in [0.29, 0.717) is 41.0 Å². The lowest BCUT2D eigenvalue weighted by atomic mass is 10.2. The number of imidazole rings is 1. The number of hydrogen-bond donors (Lipinski definition) is 2. The van der Waals surface area contributed by atoms with E-state index in [2.05, 4.69) is 20.3 Å². The number of nitrogens with zero attached hydrogens (tertiary/aromatic N) is 4. The predicted octanol–water partition coefficient (Wildman–Crippen LogP) is 1.73. The maximum atomic E-state index is 11.2. The van der Waals surface area contributed by atoms with Crippen molar-refractivity contribution in [2.24, 2.45) is 0 Å². The fraction of sp³-hybridized carbons (Fsp3) is 0.294. The Bertz CT molecular complexity index is 1040. The lowest BCUT2D eigenvalue weighted by Crippen LogP contribution is -2.24. The van der Waals surface area contributed by atoms with Gasteiger partial charge in [0, 0.05) is 24.9 Å². The number of carbonyl (C=O) groups excluding carboxylic acids is 1. The molecule has 27 heavy (non-hydrogen) atoms. The number of ether oxygens (including phenoxy) is 2. The van der Waals surface area contributed by atoms with Crippen molar-refractivity contribution < 1.29 is 14.3 Å². The molecule has 3 N–H and O–H groups in total. The van der Waals surface area contributed by atoms with Gasteiger partial charge in [-0.15, -0.1) is 0 Å². The highest BCUT2D eigenvalue weighted by Crippen LogP contribution is 2.40. The van der Waals surface area contributed by atoms with Crippen LogP contribution in [0.15, 0.2) is 28.5 Å². The van der Waals surface area contributed by atoms with Crippen LogP contribution in [0.25, 0.3) is 11.2 Å². The summed E-state index contributed by atoms with van der Waals surface area (Å²) in [7, 11) is 0. The average Bonchev–Trinajstić information content (AvgIpc) is 3.21. The summed E-state index contributed by atoms with van der Waals surface area (Å²) in [5.41, 5.74) is 8.19. The minimum atomic E-state index is -0.0885. The first kappa shape index (κ1) is 17.4. The first-order valence-corrected chi connectivity index (χ1v) is 9.14. The molecule has 0 fully saturated rings. The molecule has 0 unspecified atom stereocenters. The molecule has 2 aromatic heterocycles. The summed E-state index contributed by atoms with van der Waals surface area (Å²) in [6.07, 6.45) is 1.41. The van der Waals surface area contributed by atoms with E-state index in [0.717, 1.165) is 16.2 Å². The number of rotatable bonds is 5. The van der Waals surface area contributed by atoms with Gasteiger partial charge in [0.2, 0.25) is 12.7 Å². The number of amides is 1. The Labute approximate surface area is 159 Å². The maximum Gasteiger partial charge on any atom is 0.231 e. The first-order valence-electron chi connectivity index (χ1n) is 8.32. The van der Waals surface area contributed by atoms with E-state index in [-0.39, 0.29) is 12.7 Å². The van der Waals surface area contributed by atoms with Crippen LogP contribution in [0, 0.1) is 6.92 Å². The molecule has 0 saturated heterocycles. The van der Waals surface area contributed by atoms with Gasteiger partial charge in [0.15, 0.2) is 33.6 Å². The summed E-state index contributed by atoms with van der Waals surface area (Å²) in [6, 6.07) is 3.89. The SMILES string of the molecule is CC(=O)NCCn1c(Sc2cc3c(cc2C)OCO3)nc2c(N)ncnc21. The molecule has 1 amide bonds. The smallest absolute Gasteiger partial charge is 0.231 e. The number of anilines is 1. The third-order valence-corrected chi connectivity index (χ3v) is 5.26. The van der Waals surface area contributed by atoms with Crippen LogP contribution in [-0.2, 0) is 11.3 Å². The van der Waals surface area contributed by atoms with Crippen LogP contribution < -0.4 is 20.5 Å². The van der Waals surface area contributed by atoms with Gasteiger partial charge in [-0.1, -0.05) is 11.8 Å². The van der Waals surface area contributed by atoms with Crippen LogP contribution in [0.2, 0.25) is 0 Å². The van der Waals surface area contributed by atoms with E-state index < -0.39 is 0 Å². The van der Waals surface area contributed by atoms with Crippen molar-refractivity contribution in [2.75, 3.05) is 19.1 Å². The summed E-state index contributed by atoms with van der Waals surface area (Å²) in [6.45, 7) is 4.68. The highest BCUT2D eigenvalue weighted by molar-refractivity contribution is 7.99. The van der Waals surface area contributed by atoms with Gasteiger partial charge in [0.05, 0.1) is 0 Å². The first-order chi connectivity index (χ1) is 13.0. The van der Waals surface area contributed by atoms with Gasteiger partial charge in [-0.25, -0.2) is 15.0 Å². The van der Waals surface area contributed by atoms with Crippen molar-refractivity contribution in [3.05, 3.63) is 24.0 Å². The Hall–Kier alpha value is -3.01. The molecular formula is C17H18N6O3S. The van der Waals surface area contributed by atoms with Crippen molar-refractivity contribution >= 4 is 34.7 Å². The second kappa shape index (κ2) is 6.95. The number of hydrogen-bond acceptors (Lipinski definition) is 8. The fourth-order valence-corrected chi connectivity index (χ4v) is 3.80. The van der Waals surface area contributed by atoms with Gasteiger partial charge < -0.3 is 25.1 Å². The summed E-state index contributed by atoms with van der Waals surface area (Å²) < 4.78 is 12.8. The molecule has 1 aromatic carbocycles. The lowest BCUT2D eigenvalue weighted by molar-refractivity contribution is -0.118. The zero-order valence-corrected chi connectivity index (χ0v) is 15.7. The average molecular weight is 386 g/mol. The Kier molecular flexibility index (Phi) is 4.48. The predicted molar refractivity (Wildman–Crippen MR) is 99.8 cm³/mol. The normalized spacial score (nSPS) is 12.5. The molecule has 10 heteroatoms. The largest absolute Gasteiger partial charge is 0.454 e. The Balaban J connectivity index is 1.72. The number of carbonyl (C=O) groups is 1. The number of aryl methyl sites for hydroxylation is 1. The molecule has 4 rings (SSSR count). The monoisotopic (exact) mass is 386 g/mol. The van der Waals surface area contributed by atoms with Gasteiger partial charge in [-0.3, -0.25) is 4.79 Å². The van der Waals surface area contributed by atoms with Gasteiger partial charge in [0.25, 0.3) is 0 Å². The van der Waals surface area contributed by atoms with Crippen molar-refractivity contribution in [2.45, 2.75) is 30.4 Å². The van der Waals surface area contributed by atoms with Crippen molar-refractivity contribution in [1.82, 2.24) is 24.8 Å². The number of aromatic nitrogens is 4. The summed E-state index contributed by atoms with van der Waals surface area (Å²) in [4.78, 5) is 25.2. The van der Waals surface area contributed by atoms with Crippen LogP contribution in [-0.4, -0.2) is 38.8 Å². The van der Waals surface area contributed by atoms with E-state index in [1.54, 1.807) is 0 Å². The Morgan fingerprint density at radius 1 is 1.33 bits per heavy atom. The van der Waals surface area contributed by atoms with E-state index >= 15 is 0 Å².